The monoisotopic (exact) mass is 358 g/mol. The van der Waals surface area contributed by atoms with E-state index in [0.717, 1.165) is 48.1 Å². The van der Waals surface area contributed by atoms with Crippen molar-refractivity contribution in [3.63, 3.8) is 0 Å². The molecule has 1 amide bonds. The minimum Gasteiger partial charge on any atom is -0.486 e. The van der Waals surface area contributed by atoms with Crippen LogP contribution in [0.2, 0.25) is 0 Å². The van der Waals surface area contributed by atoms with E-state index >= 15 is 0 Å². The fourth-order valence-electron chi connectivity index (χ4n) is 2.65. The van der Waals surface area contributed by atoms with Crippen LogP contribution < -0.4 is 20.1 Å². The summed E-state index contributed by atoms with van der Waals surface area (Å²) < 4.78 is 11.1. The van der Waals surface area contributed by atoms with Gasteiger partial charge in [-0.15, -0.1) is 24.2 Å². The van der Waals surface area contributed by atoms with Crippen molar-refractivity contribution in [1.29, 1.82) is 0 Å². The van der Waals surface area contributed by atoms with E-state index in [-0.39, 0.29) is 18.3 Å². The lowest BCUT2D eigenvalue weighted by Gasteiger charge is -2.23. The first-order chi connectivity index (χ1) is 10.8. The summed E-state index contributed by atoms with van der Waals surface area (Å²) in [6.45, 7) is 3.15. The topological polar surface area (TPSA) is 59.6 Å². The Morgan fingerprint density at radius 2 is 2.13 bits per heavy atom. The molecule has 0 saturated carbocycles. The largest absolute Gasteiger partial charge is 0.486 e. The van der Waals surface area contributed by atoms with Crippen molar-refractivity contribution in [3.8, 4) is 11.5 Å². The predicted molar refractivity (Wildman–Crippen MR) is 94.1 cm³/mol. The number of rotatable bonds is 5. The smallest absolute Gasteiger partial charge is 0.221 e. The van der Waals surface area contributed by atoms with E-state index < -0.39 is 0 Å². The number of thioether (sulfide) groups is 1. The molecule has 128 valence electrons. The molecule has 7 heteroatoms. The molecule has 0 bridgehead atoms. The SMILES string of the molecule is Cl.O=C(CCSc1ccc2c(c1)OCCO2)NC1CCCNC1. The molecule has 1 saturated heterocycles. The van der Waals surface area contributed by atoms with Crippen molar-refractivity contribution in [2.45, 2.75) is 30.2 Å². The molecule has 0 spiro atoms. The number of carbonyl (C=O) groups is 1. The van der Waals surface area contributed by atoms with Gasteiger partial charge < -0.3 is 20.1 Å². The molecular weight excluding hydrogens is 336 g/mol. The molecule has 5 nitrogen and oxygen atoms in total. The number of ether oxygens (including phenoxy) is 2. The molecule has 1 aromatic carbocycles. The van der Waals surface area contributed by atoms with E-state index in [0.29, 0.717) is 25.7 Å². The van der Waals surface area contributed by atoms with Gasteiger partial charge in [0.1, 0.15) is 13.2 Å². The number of nitrogens with one attached hydrogen (secondary N) is 2. The fourth-order valence-corrected chi connectivity index (χ4v) is 3.53. The van der Waals surface area contributed by atoms with E-state index in [2.05, 4.69) is 10.6 Å². The minimum absolute atomic E-state index is 0. The summed E-state index contributed by atoms with van der Waals surface area (Å²) in [5, 5.41) is 6.40. The molecule has 1 aromatic rings. The van der Waals surface area contributed by atoms with Crippen molar-refractivity contribution in [1.82, 2.24) is 10.6 Å². The molecule has 1 unspecified atom stereocenters. The van der Waals surface area contributed by atoms with Gasteiger partial charge in [-0.25, -0.2) is 0 Å². The third-order valence-electron chi connectivity index (χ3n) is 3.77. The van der Waals surface area contributed by atoms with Crippen LogP contribution in [0.15, 0.2) is 23.1 Å². The second-order valence-electron chi connectivity index (χ2n) is 5.51. The molecule has 2 aliphatic rings. The van der Waals surface area contributed by atoms with Gasteiger partial charge in [0.2, 0.25) is 5.91 Å². The van der Waals surface area contributed by atoms with E-state index in [9.17, 15) is 4.79 Å². The van der Waals surface area contributed by atoms with Crippen LogP contribution >= 0.6 is 24.2 Å². The second-order valence-corrected chi connectivity index (χ2v) is 6.68. The van der Waals surface area contributed by atoms with Crippen LogP contribution in [0.25, 0.3) is 0 Å². The van der Waals surface area contributed by atoms with Crippen LogP contribution in [-0.4, -0.2) is 44.0 Å². The number of halogens is 1. The van der Waals surface area contributed by atoms with E-state index in [1.807, 2.05) is 18.2 Å². The zero-order valence-electron chi connectivity index (χ0n) is 13.0. The van der Waals surface area contributed by atoms with Gasteiger partial charge in [0.05, 0.1) is 0 Å². The van der Waals surface area contributed by atoms with E-state index in [1.165, 1.54) is 0 Å². The van der Waals surface area contributed by atoms with Crippen LogP contribution in [0.1, 0.15) is 19.3 Å². The van der Waals surface area contributed by atoms with Gasteiger partial charge in [-0.3, -0.25) is 4.79 Å². The molecule has 0 radical (unpaired) electrons. The molecular formula is C16H23ClN2O3S. The number of hydrogen-bond donors (Lipinski definition) is 2. The van der Waals surface area contributed by atoms with Gasteiger partial charge in [-0.1, -0.05) is 0 Å². The average Bonchev–Trinajstić information content (AvgIpc) is 2.55. The van der Waals surface area contributed by atoms with Crippen LogP contribution in [0.4, 0.5) is 0 Å². The number of piperidine rings is 1. The molecule has 0 aliphatic carbocycles. The van der Waals surface area contributed by atoms with Crippen molar-refractivity contribution >= 4 is 30.1 Å². The summed E-state index contributed by atoms with van der Waals surface area (Å²) in [5.41, 5.74) is 0. The first-order valence-corrected chi connectivity index (χ1v) is 8.82. The lowest BCUT2D eigenvalue weighted by Crippen LogP contribution is -2.45. The van der Waals surface area contributed by atoms with Crippen molar-refractivity contribution in [2.24, 2.45) is 0 Å². The Bertz CT molecular complexity index is 524. The third-order valence-corrected chi connectivity index (χ3v) is 4.77. The molecule has 3 rings (SSSR count). The zero-order chi connectivity index (χ0) is 15.2. The maximum absolute atomic E-state index is 11.9. The molecule has 2 N–H and O–H groups in total. The van der Waals surface area contributed by atoms with Crippen LogP contribution in [0.3, 0.4) is 0 Å². The number of fused-ring (bicyclic) bond motifs is 1. The first-order valence-electron chi connectivity index (χ1n) is 7.84. The molecule has 1 fully saturated rings. The molecule has 0 aromatic heterocycles. The Morgan fingerprint density at radius 1 is 1.30 bits per heavy atom. The van der Waals surface area contributed by atoms with Gasteiger partial charge >= 0.3 is 0 Å². The Balaban J connectivity index is 0.00000192. The number of amides is 1. The number of benzene rings is 1. The highest BCUT2D eigenvalue weighted by Gasteiger charge is 2.15. The highest BCUT2D eigenvalue weighted by atomic mass is 35.5. The Hall–Kier alpha value is -1.11. The summed E-state index contributed by atoms with van der Waals surface area (Å²) >= 11 is 1.67. The number of hydrogen-bond acceptors (Lipinski definition) is 5. The van der Waals surface area contributed by atoms with Gasteiger partial charge in [-0.2, -0.15) is 0 Å². The summed E-state index contributed by atoms with van der Waals surface area (Å²) in [5.74, 6) is 2.51. The van der Waals surface area contributed by atoms with Crippen molar-refractivity contribution in [3.05, 3.63) is 18.2 Å². The normalized spacial score (nSPS) is 19.6. The maximum Gasteiger partial charge on any atom is 0.221 e. The Morgan fingerprint density at radius 3 is 2.91 bits per heavy atom. The van der Waals surface area contributed by atoms with Crippen LogP contribution in [0, 0.1) is 0 Å². The van der Waals surface area contributed by atoms with Crippen molar-refractivity contribution < 1.29 is 14.3 Å². The molecule has 2 aliphatic heterocycles. The van der Waals surface area contributed by atoms with Crippen LogP contribution in [-0.2, 0) is 4.79 Å². The molecule has 1 atom stereocenters. The van der Waals surface area contributed by atoms with Gasteiger partial charge in [-0.05, 0) is 37.6 Å². The zero-order valence-corrected chi connectivity index (χ0v) is 14.6. The molecule has 23 heavy (non-hydrogen) atoms. The predicted octanol–water partition coefficient (Wildman–Crippen LogP) is 2.23. The maximum atomic E-state index is 11.9. The number of carbonyl (C=O) groups excluding carboxylic acids is 1. The van der Waals surface area contributed by atoms with Gasteiger partial charge in [0, 0.05) is 29.7 Å². The van der Waals surface area contributed by atoms with Gasteiger partial charge in [0.15, 0.2) is 11.5 Å². The second kappa shape index (κ2) is 9.25. The summed E-state index contributed by atoms with van der Waals surface area (Å²) in [7, 11) is 0. The third kappa shape index (κ3) is 5.48. The Kier molecular flexibility index (Phi) is 7.33. The van der Waals surface area contributed by atoms with E-state index in [1.54, 1.807) is 11.8 Å². The quantitative estimate of drug-likeness (QED) is 0.790. The average molecular weight is 359 g/mol. The van der Waals surface area contributed by atoms with Crippen LogP contribution in [0.5, 0.6) is 11.5 Å². The summed E-state index contributed by atoms with van der Waals surface area (Å²) in [4.78, 5) is 13.0. The van der Waals surface area contributed by atoms with Gasteiger partial charge in [0.25, 0.3) is 0 Å². The summed E-state index contributed by atoms with van der Waals surface area (Å²) in [6, 6.07) is 6.23. The lowest BCUT2D eigenvalue weighted by atomic mass is 10.1. The first kappa shape index (κ1) is 18.2. The lowest BCUT2D eigenvalue weighted by molar-refractivity contribution is -0.121. The Labute approximate surface area is 147 Å². The highest BCUT2D eigenvalue weighted by molar-refractivity contribution is 7.99. The minimum atomic E-state index is 0. The van der Waals surface area contributed by atoms with Crippen molar-refractivity contribution in [2.75, 3.05) is 32.1 Å². The molecule has 2 heterocycles. The fraction of sp³-hybridized carbons (Fsp3) is 0.562. The summed E-state index contributed by atoms with van der Waals surface area (Å²) in [6.07, 6.45) is 2.75. The highest BCUT2D eigenvalue weighted by Crippen LogP contribution is 2.34. The standard InChI is InChI=1S/C16H22N2O3S.ClH/c19-16(18-12-2-1-6-17-11-12)5-9-22-13-3-4-14-15(10-13)21-8-7-20-14;/h3-4,10,12,17H,1-2,5-9,11H2,(H,18,19);1H. The van der Waals surface area contributed by atoms with E-state index in [4.69, 9.17) is 9.47 Å².